The van der Waals surface area contributed by atoms with Crippen molar-refractivity contribution in [3.63, 3.8) is 0 Å². The summed E-state index contributed by atoms with van der Waals surface area (Å²) in [5, 5.41) is 2.87. The summed E-state index contributed by atoms with van der Waals surface area (Å²) >= 11 is 0. The van der Waals surface area contributed by atoms with Gasteiger partial charge in [0.15, 0.2) is 11.5 Å². The van der Waals surface area contributed by atoms with Crippen molar-refractivity contribution in [3.8, 4) is 0 Å². The molecule has 132 valence electrons. The van der Waals surface area contributed by atoms with Crippen molar-refractivity contribution in [2.45, 2.75) is 26.3 Å². The molecule has 3 N–H and O–H groups in total. The number of halogens is 1. The Morgan fingerprint density at radius 3 is 2.60 bits per heavy atom. The van der Waals surface area contributed by atoms with Gasteiger partial charge in [-0.15, -0.1) is 12.4 Å². The molecule has 0 saturated heterocycles. The number of aromatic nitrogens is 1. The minimum Gasteiger partial charge on any atom is -0.440 e. The topological polar surface area (TPSA) is 81.2 Å². The van der Waals surface area contributed by atoms with Crippen molar-refractivity contribution in [2.24, 2.45) is 11.7 Å². The van der Waals surface area contributed by atoms with E-state index >= 15 is 0 Å². The minimum atomic E-state index is -0.260. The summed E-state index contributed by atoms with van der Waals surface area (Å²) in [5.74, 6) is 0.293. The Morgan fingerprint density at radius 1 is 1.20 bits per heavy atom. The van der Waals surface area contributed by atoms with Gasteiger partial charge in [-0.05, 0) is 24.6 Å². The zero-order valence-electron chi connectivity index (χ0n) is 14.2. The second kappa shape index (κ2) is 8.14. The molecule has 2 atom stereocenters. The summed E-state index contributed by atoms with van der Waals surface area (Å²) in [5.41, 5.74) is 9.03. The number of carbonyl (C=O) groups excluding carboxylic acids is 1. The smallest absolute Gasteiger partial charge is 0.228 e. The lowest BCUT2D eigenvalue weighted by Gasteiger charge is -2.15. The van der Waals surface area contributed by atoms with Crippen molar-refractivity contribution < 1.29 is 9.21 Å². The standard InChI is InChI=1S/C19H21N3O2.ClH/c1-12(13(2)20)19(23)21-15-8-9-16-17(11-15)24-18(22-16)10-14-6-4-3-5-7-14;/h3-9,11-13H,10,20H2,1-2H3,(H,21,23);1H. The number of amides is 1. The zero-order valence-corrected chi connectivity index (χ0v) is 15.0. The van der Waals surface area contributed by atoms with Crippen LogP contribution in [-0.4, -0.2) is 16.9 Å². The van der Waals surface area contributed by atoms with Crippen LogP contribution in [0.3, 0.4) is 0 Å². The Hall–Kier alpha value is -2.37. The summed E-state index contributed by atoms with van der Waals surface area (Å²) < 4.78 is 5.82. The van der Waals surface area contributed by atoms with Gasteiger partial charge in [0.25, 0.3) is 0 Å². The fourth-order valence-corrected chi connectivity index (χ4v) is 2.39. The van der Waals surface area contributed by atoms with Crippen LogP contribution in [0.1, 0.15) is 25.3 Å². The molecule has 1 aromatic heterocycles. The zero-order chi connectivity index (χ0) is 17.1. The maximum absolute atomic E-state index is 12.1. The van der Waals surface area contributed by atoms with Gasteiger partial charge in [0.05, 0.1) is 5.92 Å². The lowest BCUT2D eigenvalue weighted by molar-refractivity contribution is -0.119. The molecule has 0 radical (unpaired) electrons. The van der Waals surface area contributed by atoms with E-state index in [1.807, 2.05) is 56.3 Å². The predicted octanol–water partition coefficient (Wildman–Crippen LogP) is 3.76. The van der Waals surface area contributed by atoms with Gasteiger partial charge < -0.3 is 15.5 Å². The Labute approximate surface area is 153 Å². The molecule has 25 heavy (non-hydrogen) atoms. The van der Waals surface area contributed by atoms with Crippen LogP contribution >= 0.6 is 12.4 Å². The SMILES string of the molecule is CC(N)C(C)C(=O)Nc1ccc2nc(Cc3ccccc3)oc2c1.Cl. The van der Waals surface area contributed by atoms with E-state index in [2.05, 4.69) is 10.3 Å². The van der Waals surface area contributed by atoms with Crippen molar-refractivity contribution >= 4 is 35.1 Å². The first-order valence-corrected chi connectivity index (χ1v) is 8.03. The monoisotopic (exact) mass is 359 g/mol. The van der Waals surface area contributed by atoms with E-state index in [4.69, 9.17) is 10.2 Å². The van der Waals surface area contributed by atoms with E-state index in [-0.39, 0.29) is 30.3 Å². The average Bonchev–Trinajstić information content (AvgIpc) is 2.96. The molecule has 5 nitrogen and oxygen atoms in total. The van der Waals surface area contributed by atoms with Gasteiger partial charge in [-0.25, -0.2) is 4.98 Å². The first-order chi connectivity index (χ1) is 11.5. The number of nitrogens with one attached hydrogen (secondary N) is 1. The number of carbonyl (C=O) groups is 1. The molecule has 0 saturated carbocycles. The van der Waals surface area contributed by atoms with Crippen LogP contribution in [0.5, 0.6) is 0 Å². The predicted molar refractivity (Wildman–Crippen MR) is 102 cm³/mol. The molecule has 2 aromatic carbocycles. The van der Waals surface area contributed by atoms with E-state index in [1.165, 1.54) is 0 Å². The van der Waals surface area contributed by atoms with Crippen LogP contribution in [0, 0.1) is 5.92 Å². The highest BCUT2D eigenvalue weighted by Crippen LogP contribution is 2.22. The third kappa shape index (κ3) is 4.59. The number of rotatable bonds is 5. The number of benzene rings is 2. The van der Waals surface area contributed by atoms with Crippen molar-refractivity contribution in [1.29, 1.82) is 0 Å². The fourth-order valence-electron chi connectivity index (χ4n) is 2.39. The molecular formula is C19H22ClN3O2. The Kier molecular flexibility index (Phi) is 6.17. The minimum absolute atomic E-state index is 0. The summed E-state index contributed by atoms with van der Waals surface area (Å²) in [6.07, 6.45) is 0.638. The second-order valence-corrected chi connectivity index (χ2v) is 6.09. The van der Waals surface area contributed by atoms with Crippen LogP contribution < -0.4 is 11.1 Å². The number of oxazole rings is 1. The molecule has 2 unspecified atom stereocenters. The molecule has 0 fully saturated rings. The molecule has 0 aliphatic heterocycles. The number of hydrogen-bond donors (Lipinski definition) is 2. The van der Waals surface area contributed by atoms with Gasteiger partial charge in [-0.3, -0.25) is 4.79 Å². The highest BCUT2D eigenvalue weighted by molar-refractivity contribution is 5.94. The lowest BCUT2D eigenvalue weighted by atomic mass is 10.0. The van der Waals surface area contributed by atoms with Crippen LogP contribution in [0.4, 0.5) is 5.69 Å². The van der Waals surface area contributed by atoms with Crippen LogP contribution in [0.2, 0.25) is 0 Å². The quantitative estimate of drug-likeness (QED) is 0.726. The maximum atomic E-state index is 12.1. The number of nitrogens with zero attached hydrogens (tertiary/aromatic N) is 1. The second-order valence-electron chi connectivity index (χ2n) is 6.09. The molecular weight excluding hydrogens is 338 g/mol. The molecule has 0 spiro atoms. The van der Waals surface area contributed by atoms with Gasteiger partial charge >= 0.3 is 0 Å². The highest BCUT2D eigenvalue weighted by Gasteiger charge is 2.17. The van der Waals surface area contributed by atoms with Gasteiger partial charge in [-0.1, -0.05) is 37.3 Å². The van der Waals surface area contributed by atoms with Gasteiger partial charge in [0.2, 0.25) is 5.91 Å². The van der Waals surface area contributed by atoms with Crippen LogP contribution in [0.15, 0.2) is 52.9 Å². The van der Waals surface area contributed by atoms with Gasteiger partial charge in [0.1, 0.15) is 5.52 Å². The number of nitrogens with two attached hydrogens (primary N) is 1. The first kappa shape index (κ1) is 19.0. The summed E-state index contributed by atoms with van der Waals surface area (Å²) in [7, 11) is 0. The van der Waals surface area contributed by atoms with Crippen molar-refractivity contribution in [1.82, 2.24) is 4.98 Å². The van der Waals surface area contributed by atoms with E-state index in [9.17, 15) is 4.79 Å². The van der Waals surface area contributed by atoms with E-state index in [0.29, 0.717) is 23.6 Å². The molecule has 6 heteroatoms. The molecule has 0 aliphatic rings. The molecule has 3 rings (SSSR count). The van der Waals surface area contributed by atoms with Crippen molar-refractivity contribution in [3.05, 3.63) is 60.0 Å². The van der Waals surface area contributed by atoms with E-state index in [0.717, 1.165) is 11.1 Å². The van der Waals surface area contributed by atoms with E-state index < -0.39 is 0 Å². The summed E-state index contributed by atoms with van der Waals surface area (Å²) in [4.78, 5) is 16.6. The number of anilines is 1. The Bertz CT molecular complexity index is 846. The molecule has 0 aliphatic carbocycles. The fraction of sp³-hybridized carbons (Fsp3) is 0.263. The van der Waals surface area contributed by atoms with Gasteiger partial charge in [0, 0.05) is 24.2 Å². The van der Waals surface area contributed by atoms with Crippen LogP contribution in [-0.2, 0) is 11.2 Å². The average molecular weight is 360 g/mol. The van der Waals surface area contributed by atoms with Crippen LogP contribution in [0.25, 0.3) is 11.1 Å². The Balaban J connectivity index is 0.00000225. The molecule has 0 bridgehead atoms. The maximum Gasteiger partial charge on any atom is 0.228 e. The third-order valence-corrected chi connectivity index (χ3v) is 4.10. The molecule has 3 aromatic rings. The normalized spacial score (nSPS) is 13.1. The van der Waals surface area contributed by atoms with Gasteiger partial charge in [-0.2, -0.15) is 0 Å². The third-order valence-electron chi connectivity index (χ3n) is 4.10. The summed E-state index contributed by atoms with van der Waals surface area (Å²) in [6.45, 7) is 3.63. The van der Waals surface area contributed by atoms with Crippen molar-refractivity contribution in [2.75, 3.05) is 5.32 Å². The van der Waals surface area contributed by atoms with E-state index in [1.54, 1.807) is 6.07 Å². The highest BCUT2D eigenvalue weighted by atomic mass is 35.5. The number of hydrogen-bond acceptors (Lipinski definition) is 4. The number of fused-ring (bicyclic) bond motifs is 1. The molecule has 1 amide bonds. The summed E-state index contributed by atoms with van der Waals surface area (Å²) in [6, 6.07) is 15.3. The largest absolute Gasteiger partial charge is 0.440 e. The lowest BCUT2D eigenvalue weighted by Crippen LogP contribution is -2.34. The first-order valence-electron chi connectivity index (χ1n) is 8.03. The Morgan fingerprint density at radius 2 is 1.92 bits per heavy atom. The molecule has 1 heterocycles.